The Labute approximate surface area is 118 Å². The smallest absolute Gasteiger partial charge is 0.0771 e. The van der Waals surface area contributed by atoms with Crippen molar-refractivity contribution in [3.63, 3.8) is 0 Å². The molecule has 0 amide bonds. The minimum Gasteiger partial charge on any atom is -0.389 e. The average Bonchev–Trinajstić information content (AvgIpc) is 2.83. The van der Waals surface area contributed by atoms with Crippen molar-refractivity contribution < 1.29 is 5.11 Å². The van der Waals surface area contributed by atoms with Gasteiger partial charge in [-0.25, -0.2) is 0 Å². The molecule has 0 unspecified atom stereocenters. The number of allylic oxidation sites excluding steroid dienone is 1. The molecule has 0 aromatic carbocycles. The standard InChI is InChI=1S/C16H30N2O/c1-14(2)5-10-18-11-6-15(7-12-18)17-13-16(19)8-3-4-9-16/h5,15,17,19H,3-4,6-13H2,1-2H3. The van der Waals surface area contributed by atoms with Gasteiger partial charge < -0.3 is 10.4 Å². The number of piperidine rings is 1. The van der Waals surface area contributed by atoms with E-state index >= 15 is 0 Å². The van der Waals surface area contributed by atoms with Gasteiger partial charge >= 0.3 is 0 Å². The monoisotopic (exact) mass is 266 g/mol. The SMILES string of the molecule is CC(C)=CCN1CCC(NCC2(O)CCCC2)CC1. The molecule has 3 nitrogen and oxygen atoms in total. The Bertz CT molecular complexity index is 296. The molecular weight excluding hydrogens is 236 g/mol. The zero-order chi connectivity index (χ0) is 13.7. The summed E-state index contributed by atoms with van der Waals surface area (Å²) < 4.78 is 0. The summed E-state index contributed by atoms with van der Waals surface area (Å²) in [5, 5.41) is 13.9. The fourth-order valence-corrected chi connectivity index (χ4v) is 3.18. The summed E-state index contributed by atoms with van der Waals surface area (Å²) in [7, 11) is 0. The van der Waals surface area contributed by atoms with E-state index in [0.717, 1.165) is 25.9 Å². The molecule has 3 heteroatoms. The largest absolute Gasteiger partial charge is 0.389 e. The van der Waals surface area contributed by atoms with E-state index in [1.54, 1.807) is 0 Å². The molecule has 1 heterocycles. The van der Waals surface area contributed by atoms with Crippen LogP contribution in [0.1, 0.15) is 52.4 Å². The molecule has 1 saturated heterocycles. The van der Waals surface area contributed by atoms with Crippen LogP contribution in [-0.4, -0.2) is 47.8 Å². The second-order valence-corrected chi connectivity index (χ2v) is 6.67. The van der Waals surface area contributed by atoms with E-state index in [1.165, 1.54) is 44.3 Å². The van der Waals surface area contributed by atoms with Gasteiger partial charge in [-0.05, 0) is 52.6 Å². The third kappa shape index (κ3) is 4.90. The van der Waals surface area contributed by atoms with Crippen LogP contribution in [0.15, 0.2) is 11.6 Å². The second kappa shape index (κ2) is 6.87. The van der Waals surface area contributed by atoms with Gasteiger partial charge in [0.25, 0.3) is 0 Å². The van der Waals surface area contributed by atoms with Crippen LogP contribution < -0.4 is 5.32 Å². The lowest BCUT2D eigenvalue weighted by Crippen LogP contribution is -2.47. The lowest BCUT2D eigenvalue weighted by Gasteiger charge is -2.34. The summed E-state index contributed by atoms with van der Waals surface area (Å²) in [6.07, 6.45) is 9.10. The Hall–Kier alpha value is -0.380. The lowest BCUT2D eigenvalue weighted by molar-refractivity contribution is 0.0419. The van der Waals surface area contributed by atoms with Crippen LogP contribution in [0, 0.1) is 0 Å². The molecular formula is C16H30N2O. The Kier molecular flexibility index (Phi) is 5.43. The number of likely N-dealkylation sites (tertiary alicyclic amines) is 1. The van der Waals surface area contributed by atoms with Crippen LogP contribution in [0.2, 0.25) is 0 Å². The number of rotatable bonds is 5. The van der Waals surface area contributed by atoms with Gasteiger partial charge in [0, 0.05) is 19.1 Å². The molecule has 2 fully saturated rings. The van der Waals surface area contributed by atoms with E-state index in [4.69, 9.17) is 0 Å². The number of hydrogen-bond acceptors (Lipinski definition) is 3. The zero-order valence-corrected chi connectivity index (χ0v) is 12.6. The molecule has 0 atom stereocenters. The van der Waals surface area contributed by atoms with Gasteiger partial charge in [0.2, 0.25) is 0 Å². The molecule has 2 N–H and O–H groups in total. The highest BCUT2D eigenvalue weighted by Gasteiger charge is 2.31. The highest BCUT2D eigenvalue weighted by Crippen LogP contribution is 2.29. The molecule has 110 valence electrons. The molecule has 0 aromatic rings. The van der Waals surface area contributed by atoms with Crippen molar-refractivity contribution in [2.75, 3.05) is 26.2 Å². The number of nitrogens with zero attached hydrogens (tertiary/aromatic N) is 1. The molecule has 1 saturated carbocycles. The van der Waals surface area contributed by atoms with Crippen LogP contribution in [0.5, 0.6) is 0 Å². The minimum absolute atomic E-state index is 0.404. The third-order valence-corrected chi connectivity index (χ3v) is 4.60. The lowest BCUT2D eigenvalue weighted by atomic mass is 10.00. The predicted octanol–water partition coefficient (Wildman–Crippen LogP) is 2.31. The van der Waals surface area contributed by atoms with Crippen LogP contribution in [-0.2, 0) is 0 Å². The van der Waals surface area contributed by atoms with E-state index in [1.807, 2.05) is 0 Å². The quantitative estimate of drug-likeness (QED) is 0.750. The first-order chi connectivity index (χ1) is 9.07. The maximum Gasteiger partial charge on any atom is 0.0771 e. The van der Waals surface area contributed by atoms with Crippen LogP contribution in [0.3, 0.4) is 0 Å². The van der Waals surface area contributed by atoms with E-state index in [2.05, 4.69) is 30.1 Å². The Balaban J connectivity index is 1.64. The van der Waals surface area contributed by atoms with Crippen molar-refractivity contribution in [3.05, 3.63) is 11.6 Å². The van der Waals surface area contributed by atoms with Crippen molar-refractivity contribution in [1.82, 2.24) is 10.2 Å². The molecule has 0 bridgehead atoms. The van der Waals surface area contributed by atoms with Gasteiger partial charge in [-0.1, -0.05) is 24.5 Å². The van der Waals surface area contributed by atoms with Crippen LogP contribution in [0.25, 0.3) is 0 Å². The van der Waals surface area contributed by atoms with Gasteiger partial charge in [0.15, 0.2) is 0 Å². The van der Waals surface area contributed by atoms with Crippen LogP contribution >= 0.6 is 0 Å². The predicted molar refractivity (Wildman–Crippen MR) is 80.3 cm³/mol. The van der Waals surface area contributed by atoms with Crippen molar-refractivity contribution in [3.8, 4) is 0 Å². The molecule has 0 radical (unpaired) electrons. The number of nitrogens with one attached hydrogen (secondary N) is 1. The summed E-state index contributed by atoms with van der Waals surface area (Å²) in [5.41, 5.74) is 1.00. The highest BCUT2D eigenvalue weighted by atomic mass is 16.3. The van der Waals surface area contributed by atoms with Crippen molar-refractivity contribution in [1.29, 1.82) is 0 Å². The Morgan fingerprint density at radius 2 is 1.89 bits per heavy atom. The average molecular weight is 266 g/mol. The summed E-state index contributed by atoms with van der Waals surface area (Å²) >= 11 is 0. The summed E-state index contributed by atoms with van der Waals surface area (Å²) in [6, 6.07) is 0.604. The van der Waals surface area contributed by atoms with Gasteiger partial charge in [-0.15, -0.1) is 0 Å². The molecule has 0 spiro atoms. The zero-order valence-electron chi connectivity index (χ0n) is 12.6. The van der Waals surface area contributed by atoms with Gasteiger partial charge in [-0.2, -0.15) is 0 Å². The fraction of sp³-hybridized carbons (Fsp3) is 0.875. The van der Waals surface area contributed by atoms with Crippen molar-refractivity contribution in [2.24, 2.45) is 0 Å². The van der Waals surface area contributed by atoms with E-state index < -0.39 is 5.60 Å². The molecule has 1 aliphatic heterocycles. The van der Waals surface area contributed by atoms with E-state index in [9.17, 15) is 5.11 Å². The maximum absolute atomic E-state index is 10.3. The summed E-state index contributed by atoms with van der Waals surface area (Å²) in [4.78, 5) is 2.52. The fourth-order valence-electron chi connectivity index (χ4n) is 3.18. The first kappa shape index (κ1) is 15.0. The topological polar surface area (TPSA) is 35.5 Å². The van der Waals surface area contributed by atoms with Crippen LogP contribution in [0.4, 0.5) is 0 Å². The van der Waals surface area contributed by atoms with E-state index in [0.29, 0.717) is 6.04 Å². The molecule has 19 heavy (non-hydrogen) atoms. The molecule has 1 aliphatic carbocycles. The summed E-state index contributed by atoms with van der Waals surface area (Å²) in [6.45, 7) is 8.58. The Morgan fingerprint density at radius 3 is 2.47 bits per heavy atom. The Morgan fingerprint density at radius 1 is 1.26 bits per heavy atom. The highest BCUT2D eigenvalue weighted by molar-refractivity contribution is 4.96. The summed E-state index contributed by atoms with van der Waals surface area (Å²) in [5.74, 6) is 0. The minimum atomic E-state index is -0.404. The molecule has 0 aromatic heterocycles. The maximum atomic E-state index is 10.3. The number of aliphatic hydroxyl groups is 1. The van der Waals surface area contributed by atoms with Crippen molar-refractivity contribution >= 4 is 0 Å². The number of hydrogen-bond donors (Lipinski definition) is 2. The van der Waals surface area contributed by atoms with Crippen molar-refractivity contribution in [2.45, 2.75) is 64.0 Å². The molecule has 2 rings (SSSR count). The van der Waals surface area contributed by atoms with E-state index in [-0.39, 0.29) is 0 Å². The first-order valence-electron chi connectivity index (χ1n) is 7.89. The second-order valence-electron chi connectivity index (χ2n) is 6.67. The van der Waals surface area contributed by atoms with Gasteiger partial charge in [0.1, 0.15) is 0 Å². The van der Waals surface area contributed by atoms with Gasteiger partial charge in [-0.3, -0.25) is 4.90 Å². The first-order valence-corrected chi connectivity index (χ1v) is 7.89. The third-order valence-electron chi connectivity index (χ3n) is 4.60. The normalized spacial score (nSPS) is 24.6. The van der Waals surface area contributed by atoms with Gasteiger partial charge in [0.05, 0.1) is 5.60 Å². The molecule has 2 aliphatic rings.